The third-order valence-electron chi connectivity index (χ3n) is 7.75. The molecule has 5 rings (SSSR count). The predicted octanol–water partition coefficient (Wildman–Crippen LogP) is 6.42. The van der Waals surface area contributed by atoms with E-state index in [1.54, 1.807) is 35.1 Å². The summed E-state index contributed by atoms with van der Waals surface area (Å²) in [7, 11) is -1.84. The van der Waals surface area contributed by atoms with Crippen LogP contribution < -0.4 is 9.47 Å². The fourth-order valence-corrected chi connectivity index (χ4v) is 7.17. The summed E-state index contributed by atoms with van der Waals surface area (Å²) in [6.07, 6.45) is 1.04. The average Bonchev–Trinajstić information content (AvgIpc) is 3.36. The van der Waals surface area contributed by atoms with Crippen molar-refractivity contribution in [3.63, 3.8) is 0 Å². The lowest BCUT2D eigenvalue weighted by molar-refractivity contribution is 0.124. The van der Waals surface area contributed by atoms with Gasteiger partial charge in [0.05, 0.1) is 31.1 Å². The van der Waals surface area contributed by atoms with Crippen LogP contribution in [0.5, 0.6) is 11.5 Å². The van der Waals surface area contributed by atoms with Crippen molar-refractivity contribution in [2.75, 3.05) is 33.0 Å². The molecule has 3 aromatic rings. The SMILES string of the molecule is COc1ccc(C2=NC(c3ccc(Cl)cc3)C(c3ccc(Cl)cc3)N2C(=O)N2CCN(S(C)(=O)=O)C(C)C2)c(OC(C)C)c1. The fraction of sp³-hybridized carbons (Fsp3) is 0.375. The van der Waals surface area contributed by atoms with Gasteiger partial charge in [-0.05, 0) is 68.3 Å². The number of methoxy groups -OCH3 is 1. The van der Waals surface area contributed by atoms with Crippen molar-refractivity contribution in [2.24, 2.45) is 4.99 Å². The van der Waals surface area contributed by atoms with Gasteiger partial charge in [-0.15, -0.1) is 0 Å². The zero-order valence-corrected chi connectivity index (χ0v) is 27.6. The minimum Gasteiger partial charge on any atom is -0.497 e. The van der Waals surface area contributed by atoms with Gasteiger partial charge >= 0.3 is 6.03 Å². The molecule has 3 atom stereocenters. The largest absolute Gasteiger partial charge is 0.497 e. The summed E-state index contributed by atoms with van der Waals surface area (Å²) in [6, 6.07) is 18.6. The van der Waals surface area contributed by atoms with Crippen LogP contribution in [-0.2, 0) is 10.0 Å². The molecule has 3 unspecified atom stereocenters. The van der Waals surface area contributed by atoms with E-state index in [0.717, 1.165) is 11.1 Å². The summed E-state index contributed by atoms with van der Waals surface area (Å²) in [5, 5.41) is 1.16. The number of benzene rings is 3. The summed E-state index contributed by atoms with van der Waals surface area (Å²) < 4.78 is 37.9. The van der Waals surface area contributed by atoms with E-state index in [1.807, 2.05) is 69.3 Å². The fourth-order valence-electron chi connectivity index (χ4n) is 5.78. The zero-order valence-electron chi connectivity index (χ0n) is 25.3. The monoisotopic (exact) mass is 658 g/mol. The maximum absolute atomic E-state index is 14.7. The highest BCUT2D eigenvalue weighted by atomic mass is 35.5. The number of urea groups is 1. The Morgan fingerprint density at radius 1 is 0.955 bits per heavy atom. The van der Waals surface area contributed by atoms with Gasteiger partial charge in [0, 0.05) is 41.8 Å². The molecule has 0 spiro atoms. The molecule has 2 aliphatic heterocycles. The topological polar surface area (TPSA) is 91.8 Å². The Morgan fingerprint density at radius 2 is 1.57 bits per heavy atom. The molecule has 234 valence electrons. The van der Waals surface area contributed by atoms with E-state index >= 15 is 0 Å². The van der Waals surface area contributed by atoms with E-state index in [1.165, 1.54) is 10.6 Å². The number of amidine groups is 1. The van der Waals surface area contributed by atoms with E-state index < -0.39 is 28.1 Å². The van der Waals surface area contributed by atoms with Gasteiger partial charge in [0.1, 0.15) is 23.4 Å². The van der Waals surface area contributed by atoms with Crippen molar-refractivity contribution in [2.45, 2.75) is 45.0 Å². The highest BCUT2D eigenvalue weighted by molar-refractivity contribution is 7.88. The Balaban J connectivity index is 1.67. The molecule has 0 saturated carbocycles. The van der Waals surface area contributed by atoms with E-state index in [-0.39, 0.29) is 31.8 Å². The predicted molar refractivity (Wildman–Crippen MR) is 174 cm³/mol. The van der Waals surface area contributed by atoms with Gasteiger partial charge in [-0.25, -0.2) is 13.2 Å². The van der Waals surface area contributed by atoms with Crippen LogP contribution in [0.15, 0.2) is 71.7 Å². The number of carbonyl (C=O) groups is 1. The molecule has 2 aliphatic rings. The second-order valence-corrected chi connectivity index (χ2v) is 14.1. The summed E-state index contributed by atoms with van der Waals surface area (Å²) in [4.78, 5) is 23.3. The van der Waals surface area contributed by atoms with E-state index in [9.17, 15) is 13.2 Å². The molecular weight excluding hydrogens is 623 g/mol. The minimum atomic E-state index is -3.42. The van der Waals surface area contributed by atoms with Gasteiger partial charge in [-0.1, -0.05) is 47.5 Å². The molecule has 0 bridgehead atoms. The maximum atomic E-state index is 14.7. The highest BCUT2D eigenvalue weighted by Gasteiger charge is 2.46. The Labute approximate surface area is 269 Å². The molecule has 2 heterocycles. The Hall–Kier alpha value is -3.31. The van der Waals surface area contributed by atoms with Gasteiger partial charge in [-0.3, -0.25) is 9.89 Å². The summed E-state index contributed by atoms with van der Waals surface area (Å²) in [6.45, 7) is 6.33. The Morgan fingerprint density at radius 3 is 2.11 bits per heavy atom. The van der Waals surface area contributed by atoms with Crippen LogP contribution in [0.2, 0.25) is 10.0 Å². The Kier molecular flexibility index (Phi) is 9.46. The molecule has 9 nitrogen and oxygen atoms in total. The molecule has 0 radical (unpaired) electrons. The lowest BCUT2D eigenvalue weighted by Gasteiger charge is -2.41. The van der Waals surface area contributed by atoms with Gasteiger partial charge in [0.25, 0.3) is 0 Å². The van der Waals surface area contributed by atoms with Gasteiger partial charge in [0.2, 0.25) is 10.0 Å². The molecule has 2 amide bonds. The third kappa shape index (κ3) is 6.68. The summed E-state index contributed by atoms with van der Waals surface area (Å²) in [5.74, 6) is 1.57. The van der Waals surface area contributed by atoms with Crippen molar-refractivity contribution in [1.82, 2.24) is 14.1 Å². The average molecular weight is 660 g/mol. The van der Waals surface area contributed by atoms with Crippen molar-refractivity contribution in [3.05, 3.63) is 93.5 Å². The number of halogens is 2. The first kappa shape index (κ1) is 32.1. The van der Waals surface area contributed by atoms with Crippen molar-refractivity contribution >= 4 is 45.1 Å². The van der Waals surface area contributed by atoms with E-state index in [4.69, 9.17) is 37.7 Å². The van der Waals surface area contributed by atoms with Crippen LogP contribution in [0.4, 0.5) is 4.79 Å². The number of ether oxygens (including phenoxy) is 2. The summed E-state index contributed by atoms with van der Waals surface area (Å²) in [5.41, 5.74) is 2.34. The number of piperazine rings is 1. The number of rotatable bonds is 7. The first-order valence-corrected chi connectivity index (χ1v) is 17.0. The van der Waals surface area contributed by atoms with Crippen molar-refractivity contribution in [1.29, 1.82) is 0 Å². The van der Waals surface area contributed by atoms with Crippen LogP contribution in [0, 0.1) is 0 Å². The second-order valence-electron chi connectivity index (χ2n) is 11.3. The second kappa shape index (κ2) is 13.0. The zero-order chi connectivity index (χ0) is 31.8. The highest BCUT2D eigenvalue weighted by Crippen LogP contribution is 2.46. The van der Waals surface area contributed by atoms with Crippen LogP contribution in [-0.4, -0.2) is 79.5 Å². The number of sulfonamides is 1. The first-order chi connectivity index (χ1) is 20.9. The molecule has 1 fully saturated rings. The quantitative estimate of drug-likeness (QED) is 0.292. The normalized spacial score (nSPS) is 21.0. The maximum Gasteiger partial charge on any atom is 0.326 e. The van der Waals surface area contributed by atoms with Crippen LogP contribution in [0.1, 0.15) is 49.5 Å². The number of nitrogens with zero attached hydrogens (tertiary/aromatic N) is 4. The number of hydrogen-bond acceptors (Lipinski definition) is 6. The van der Waals surface area contributed by atoms with Crippen molar-refractivity contribution in [3.8, 4) is 11.5 Å². The summed E-state index contributed by atoms with van der Waals surface area (Å²) >= 11 is 12.5. The molecular formula is C32H36Cl2N4O5S. The Bertz CT molecular complexity index is 1650. The smallest absolute Gasteiger partial charge is 0.326 e. The molecule has 0 aliphatic carbocycles. The molecule has 12 heteroatoms. The minimum absolute atomic E-state index is 0.156. The molecule has 3 aromatic carbocycles. The van der Waals surface area contributed by atoms with Gasteiger partial charge in [0.15, 0.2) is 0 Å². The molecule has 1 saturated heterocycles. The lowest BCUT2D eigenvalue weighted by atomic mass is 9.93. The number of carbonyl (C=O) groups excluding carboxylic acids is 1. The van der Waals surface area contributed by atoms with Crippen LogP contribution in [0.25, 0.3) is 0 Å². The number of amides is 2. The number of aliphatic imine (C=N–C) groups is 1. The van der Waals surface area contributed by atoms with Crippen molar-refractivity contribution < 1.29 is 22.7 Å². The van der Waals surface area contributed by atoms with Crippen LogP contribution in [0.3, 0.4) is 0 Å². The van der Waals surface area contributed by atoms with E-state index in [2.05, 4.69) is 0 Å². The van der Waals surface area contributed by atoms with Crippen LogP contribution >= 0.6 is 23.2 Å². The van der Waals surface area contributed by atoms with Gasteiger partial charge in [-0.2, -0.15) is 4.31 Å². The number of hydrogen-bond donors (Lipinski definition) is 0. The molecule has 0 N–H and O–H groups in total. The molecule has 0 aromatic heterocycles. The standard InChI is InChI=1S/C32H36Cl2N4O5S/c1-20(2)43-28-18-26(42-4)14-15-27(28)31-35-29(22-6-10-24(33)11-7-22)30(23-8-12-25(34)13-9-23)38(31)32(39)36-16-17-37(21(3)19-36)44(5,40)41/h6-15,18,20-21,29-30H,16-17,19H2,1-5H3. The lowest BCUT2D eigenvalue weighted by Crippen LogP contribution is -2.58. The third-order valence-corrected chi connectivity index (χ3v) is 9.65. The van der Waals surface area contributed by atoms with Gasteiger partial charge < -0.3 is 14.4 Å². The van der Waals surface area contributed by atoms with E-state index in [0.29, 0.717) is 32.9 Å². The first-order valence-electron chi connectivity index (χ1n) is 14.4. The molecule has 44 heavy (non-hydrogen) atoms.